The average molecular weight is 297 g/mol. The SMILES string of the molecule is CCO[C@@H]1OC(C(=O)N2CC2)=C[C@H](C(C)C)[C@@H]1CCCO. The molecule has 1 saturated heterocycles. The van der Waals surface area contributed by atoms with Crippen molar-refractivity contribution in [1.82, 2.24) is 4.90 Å². The van der Waals surface area contributed by atoms with Crippen LogP contribution in [0.4, 0.5) is 0 Å². The second-order valence-electron chi connectivity index (χ2n) is 6.12. The van der Waals surface area contributed by atoms with Crippen molar-refractivity contribution < 1.29 is 19.4 Å². The highest BCUT2D eigenvalue weighted by atomic mass is 16.7. The lowest BCUT2D eigenvalue weighted by Gasteiger charge is -2.38. The number of amides is 1. The van der Waals surface area contributed by atoms with Gasteiger partial charge in [0.1, 0.15) is 0 Å². The van der Waals surface area contributed by atoms with Gasteiger partial charge in [0.15, 0.2) is 5.76 Å². The largest absolute Gasteiger partial charge is 0.459 e. The van der Waals surface area contributed by atoms with E-state index < -0.39 is 6.29 Å². The van der Waals surface area contributed by atoms with E-state index in [1.165, 1.54) is 0 Å². The predicted octanol–water partition coefficient (Wildman–Crippen LogP) is 1.77. The fourth-order valence-corrected chi connectivity index (χ4v) is 2.93. The summed E-state index contributed by atoms with van der Waals surface area (Å²) in [4.78, 5) is 14.0. The van der Waals surface area contributed by atoms with Crippen molar-refractivity contribution in [3.63, 3.8) is 0 Å². The molecule has 0 spiro atoms. The van der Waals surface area contributed by atoms with E-state index in [-0.39, 0.29) is 24.3 Å². The standard InChI is InChI=1S/C16H27NO4/c1-4-20-16-12(6-5-9-18)13(11(2)3)10-14(21-16)15(19)17-7-8-17/h10-13,16,18H,4-9H2,1-3H3/t12-,13+,16+/m0/s1. The first-order valence-electron chi connectivity index (χ1n) is 7.98. The molecule has 1 amide bonds. The van der Waals surface area contributed by atoms with Crippen molar-refractivity contribution in [3.05, 3.63) is 11.8 Å². The Kier molecular flexibility index (Phi) is 5.65. The highest BCUT2D eigenvalue weighted by Gasteiger charge is 2.40. The van der Waals surface area contributed by atoms with Crippen molar-refractivity contribution in [1.29, 1.82) is 0 Å². The minimum absolute atomic E-state index is 0.0223. The Labute approximate surface area is 126 Å². The molecule has 0 aromatic carbocycles. The van der Waals surface area contributed by atoms with Gasteiger partial charge in [-0.3, -0.25) is 4.79 Å². The molecule has 0 aliphatic carbocycles. The van der Waals surface area contributed by atoms with Gasteiger partial charge >= 0.3 is 0 Å². The number of nitrogens with zero attached hydrogens (tertiary/aromatic N) is 1. The molecular weight excluding hydrogens is 270 g/mol. The number of carbonyl (C=O) groups is 1. The maximum absolute atomic E-state index is 12.2. The van der Waals surface area contributed by atoms with E-state index in [1.807, 2.05) is 13.0 Å². The summed E-state index contributed by atoms with van der Waals surface area (Å²) in [5, 5.41) is 9.10. The van der Waals surface area contributed by atoms with E-state index in [2.05, 4.69) is 13.8 Å². The molecule has 0 radical (unpaired) electrons. The van der Waals surface area contributed by atoms with E-state index in [0.29, 0.717) is 18.3 Å². The number of allylic oxidation sites excluding steroid dienone is 1. The number of ether oxygens (including phenoxy) is 2. The smallest absolute Gasteiger partial charge is 0.288 e. The Morgan fingerprint density at radius 2 is 2.24 bits per heavy atom. The monoisotopic (exact) mass is 297 g/mol. The first kappa shape index (κ1) is 16.3. The van der Waals surface area contributed by atoms with Gasteiger partial charge in [0.05, 0.1) is 0 Å². The molecule has 120 valence electrons. The summed E-state index contributed by atoms with van der Waals surface area (Å²) < 4.78 is 11.6. The normalized spacial score (nSPS) is 28.3. The van der Waals surface area contributed by atoms with Crippen LogP contribution in [0.25, 0.3) is 0 Å². The van der Waals surface area contributed by atoms with Gasteiger partial charge in [-0.1, -0.05) is 13.8 Å². The zero-order valence-electron chi connectivity index (χ0n) is 13.2. The van der Waals surface area contributed by atoms with Gasteiger partial charge in [0.25, 0.3) is 5.91 Å². The van der Waals surface area contributed by atoms with E-state index in [9.17, 15) is 4.79 Å². The molecule has 2 heterocycles. The van der Waals surface area contributed by atoms with E-state index in [0.717, 1.165) is 25.9 Å². The zero-order valence-corrected chi connectivity index (χ0v) is 13.2. The Hall–Kier alpha value is -1.07. The van der Waals surface area contributed by atoms with E-state index >= 15 is 0 Å². The van der Waals surface area contributed by atoms with Crippen LogP contribution in [-0.2, 0) is 14.3 Å². The zero-order chi connectivity index (χ0) is 15.4. The lowest BCUT2D eigenvalue weighted by molar-refractivity contribution is -0.176. The Balaban J connectivity index is 2.19. The molecule has 5 heteroatoms. The molecule has 2 aliphatic rings. The molecule has 0 aromatic heterocycles. The summed E-state index contributed by atoms with van der Waals surface area (Å²) in [6, 6.07) is 0. The fourth-order valence-electron chi connectivity index (χ4n) is 2.93. The summed E-state index contributed by atoms with van der Waals surface area (Å²) >= 11 is 0. The Bertz CT molecular complexity index is 390. The molecule has 1 N–H and O–H groups in total. The van der Waals surface area contributed by atoms with Crippen LogP contribution >= 0.6 is 0 Å². The van der Waals surface area contributed by atoms with Crippen LogP contribution in [-0.4, -0.2) is 48.5 Å². The van der Waals surface area contributed by atoms with Gasteiger partial charge in [0, 0.05) is 32.2 Å². The predicted molar refractivity (Wildman–Crippen MR) is 79.3 cm³/mol. The molecule has 0 unspecified atom stereocenters. The van der Waals surface area contributed by atoms with Crippen molar-refractivity contribution in [2.45, 2.75) is 39.9 Å². The molecule has 5 nitrogen and oxygen atoms in total. The summed E-state index contributed by atoms with van der Waals surface area (Å²) in [5.41, 5.74) is 0. The van der Waals surface area contributed by atoms with Gasteiger partial charge in [-0.15, -0.1) is 0 Å². The van der Waals surface area contributed by atoms with Crippen molar-refractivity contribution >= 4 is 5.91 Å². The third-order valence-corrected chi connectivity index (χ3v) is 4.17. The number of hydrogen-bond donors (Lipinski definition) is 1. The third-order valence-electron chi connectivity index (χ3n) is 4.17. The van der Waals surface area contributed by atoms with Crippen LogP contribution < -0.4 is 0 Å². The van der Waals surface area contributed by atoms with Crippen LogP contribution in [0.3, 0.4) is 0 Å². The van der Waals surface area contributed by atoms with E-state index in [4.69, 9.17) is 14.6 Å². The Morgan fingerprint density at radius 3 is 2.76 bits per heavy atom. The molecule has 2 aliphatic heterocycles. The molecular formula is C16H27NO4. The number of carbonyl (C=O) groups excluding carboxylic acids is 1. The highest BCUT2D eigenvalue weighted by molar-refractivity contribution is 5.93. The average Bonchev–Trinajstić information content (AvgIpc) is 3.29. The highest BCUT2D eigenvalue weighted by Crippen LogP contribution is 2.37. The van der Waals surface area contributed by atoms with Gasteiger partial charge in [0.2, 0.25) is 6.29 Å². The topological polar surface area (TPSA) is 58.8 Å². The second kappa shape index (κ2) is 7.27. The summed E-state index contributed by atoms with van der Waals surface area (Å²) in [7, 11) is 0. The van der Waals surface area contributed by atoms with Gasteiger partial charge in [-0.05, 0) is 37.7 Å². The van der Waals surface area contributed by atoms with Crippen molar-refractivity contribution in [2.24, 2.45) is 17.8 Å². The summed E-state index contributed by atoms with van der Waals surface area (Å²) in [6.45, 7) is 8.60. The minimum atomic E-state index is -0.391. The molecule has 1 fully saturated rings. The van der Waals surface area contributed by atoms with Crippen LogP contribution in [0.5, 0.6) is 0 Å². The number of aliphatic hydroxyl groups is 1. The molecule has 0 bridgehead atoms. The maximum atomic E-state index is 12.2. The lowest BCUT2D eigenvalue weighted by atomic mass is 9.78. The van der Waals surface area contributed by atoms with E-state index in [1.54, 1.807) is 4.90 Å². The summed E-state index contributed by atoms with van der Waals surface area (Å²) in [5.74, 6) is 1.23. The van der Waals surface area contributed by atoms with Crippen molar-refractivity contribution in [2.75, 3.05) is 26.3 Å². The van der Waals surface area contributed by atoms with Crippen LogP contribution in [0.1, 0.15) is 33.6 Å². The fraction of sp³-hybridized carbons (Fsp3) is 0.812. The molecule has 0 saturated carbocycles. The van der Waals surface area contributed by atoms with Crippen LogP contribution in [0.2, 0.25) is 0 Å². The number of hydrogen-bond acceptors (Lipinski definition) is 4. The summed E-state index contributed by atoms with van der Waals surface area (Å²) in [6.07, 6.45) is 3.15. The second-order valence-corrected chi connectivity index (χ2v) is 6.12. The van der Waals surface area contributed by atoms with Crippen molar-refractivity contribution in [3.8, 4) is 0 Å². The lowest BCUT2D eigenvalue weighted by Crippen LogP contribution is -2.40. The molecule has 3 atom stereocenters. The minimum Gasteiger partial charge on any atom is -0.459 e. The third kappa shape index (κ3) is 3.98. The molecule has 0 aromatic rings. The maximum Gasteiger partial charge on any atom is 0.288 e. The van der Waals surface area contributed by atoms with Gasteiger partial charge < -0.3 is 19.5 Å². The first-order valence-corrected chi connectivity index (χ1v) is 7.98. The van der Waals surface area contributed by atoms with Gasteiger partial charge in [-0.25, -0.2) is 0 Å². The molecule has 21 heavy (non-hydrogen) atoms. The van der Waals surface area contributed by atoms with Gasteiger partial charge in [-0.2, -0.15) is 0 Å². The van der Waals surface area contributed by atoms with Crippen LogP contribution in [0.15, 0.2) is 11.8 Å². The number of rotatable bonds is 7. The van der Waals surface area contributed by atoms with Crippen LogP contribution in [0, 0.1) is 17.8 Å². The Morgan fingerprint density at radius 1 is 1.52 bits per heavy atom. The quantitative estimate of drug-likeness (QED) is 0.728. The first-order chi connectivity index (χ1) is 10.1. The molecule has 2 rings (SSSR count). The number of aliphatic hydroxyl groups excluding tert-OH is 1.